The number of aliphatic hydroxyl groups excluding tert-OH is 1. The molecule has 1 aromatic carbocycles. The topological polar surface area (TPSA) is 51.5 Å². The molecule has 1 aliphatic heterocycles. The Hall–Kier alpha value is -2.07. The Balaban J connectivity index is 2.02. The first-order valence-corrected chi connectivity index (χ1v) is 7.91. The number of ether oxygens (including phenoxy) is 1. The molecule has 1 aromatic heterocycles. The molecule has 0 saturated carbocycles. The number of fused-ring (bicyclic) bond motifs is 3. The lowest BCUT2D eigenvalue weighted by molar-refractivity contribution is 0.0901. The first kappa shape index (κ1) is 13.6. The van der Waals surface area contributed by atoms with Crippen molar-refractivity contribution in [2.45, 2.75) is 38.2 Å². The maximum atomic E-state index is 13.0. The highest BCUT2D eigenvalue weighted by Gasteiger charge is 2.29. The van der Waals surface area contributed by atoms with E-state index in [9.17, 15) is 9.90 Å². The van der Waals surface area contributed by atoms with Gasteiger partial charge in [-0.15, -0.1) is 0 Å². The van der Waals surface area contributed by atoms with Gasteiger partial charge < -0.3 is 9.84 Å². The highest BCUT2D eigenvalue weighted by molar-refractivity contribution is 5.50. The van der Waals surface area contributed by atoms with Crippen LogP contribution < -0.4 is 10.3 Å². The third-order valence-electron chi connectivity index (χ3n) is 4.59. The van der Waals surface area contributed by atoms with Crippen molar-refractivity contribution in [1.82, 2.24) is 4.57 Å². The number of aliphatic hydroxyl groups is 1. The van der Waals surface area contributed by atoms with Crippen LogP contribution in [0.3, 0.4) is 0 Å². The first-order chi connectivity index (χ1) is 10.8. The Morgan fingerprint density at radius 1 is 1.09 bits per heavy atom. The van der Waals surface area contributed by atoms with Gasteiger partial charge in [-0.2, -0.15) is 0 Å². The number of benzene rings is 1. The monoisotopic (exact) mass is 297 g/mol. The fourth-order valence-corrected chi connectivity index (χ4v) is 3.60. The van der Waals surface area contributed by atoms with Crippen molar-refractivity contribution >= 4 is 0 Å². The molecule has 1 N–H and O–H groups in total. The summed E-state index contributed by atoms with van der Waals surface area (Å²) in [4.78, 5) is 13.0. The minimum atomic E-state index is -0.592. The summed E-state index contributed by atoms with van der Waals surface area (Å²) in [7, 11) is 0. The molecule has 2 aliphatic rings. The Morgan fingerprint density at radius 3 is 2.68 bits per heavy atom. The van der Waals surface area contributed by atoms with Gasteiger partial charge in [-0.1, -0.05) is 18.2 Å². The van der Waals surface area contributed by atoms with Crippen LogP contribution in [0.4, 0.5) is 0 Å². The van der Waals surface area contributed by atoms with Gasteiger partial charge in [0.2, 0.25) is 0 Å². The van der Waals surface area contributed by atoms with Crippen LogP contribution in [0.5, 0.6) is 5.75 Å². The SMILES string of the molecule is O=c1c2c(c3c(n1-c1ccccc1)CCCC3)OCC(O)C2. The molecule has 4 rings (SSSR count). The van der Waals surface area contributed by atoms with Gasteiger partial charge in [-0.25, -0.2) is 0 Å². The molecule has 4 nitrogen and oxygen atoms in total. The predicted octanol–water partition coefficient (Wildman–Crippen LogP) is 2.01. The lowest BCUT2D eigenvalue weighted by Gasteiger charge is -2.29. The van der Waals surface area contributed by atoms with E-state index < -0.39 is 6.10 Å². The Labute approximate surface area is 129 Å². The summed E-state index contributed by atoms with van der Waals surface area (Å²) in [6.45, 7) is 0.286. The van der Waals surface area contributed by atoms with Gasteiger partial charge in [0.1, 0.15) is 12.4 Å². The second-order valence-corrected chi connectivity index (χ2v) is 6.09. The molecule has 0 radical (unpaired) electrons. The molecule has 22 heavy (non-hydrogen) atoms. The Bertz CT molecular complexity index is 764. The van der Waals surface area contributed by atoms with Gasteiger partial charge in [0.15, 0.2) is 0 Å². The van der Waals surface area contributed by atoms with E-state index in [1.165, 1.54) is 0 Å². The van der Waals surface area contributed by atoms with Crippen LogP contribution in [0.25, 0.3) is 5.69 Å². The van der Waals surface area contributed by atoms with E-state index in [2.05, 4.69) is 0 Å². The Kier molecular flexibility index (Phi) is 3.26. The molecule has 1 atom stereocenters. The second kappa shape index (κ2) is 5.29. The van der Waals surface area contributed by atoms with Crippen LogP contribution in [0.1, 0.15) is 29.7 Å². The third kappa shape index (κ3) is 2.06. The number of para-hydroxylation sites is 1. The highest BCUT2D eigenvalue weighted by Crippen LogP contribution is 2.34. The van der Waals surface area contributed by atoms with E-state index >= 15 is 0 Å². The van der Waals surface area contributed by atoms with E-state index in [0.29, 0.717) is 12.0 Å². The molecular formula is C18H19NO3. The van der Waals surface area contributed by atoms with Crippen molar-refractivity contribution in [2.24, 2.45) is 0 Å². The molecule has 0 saturated heterocycles. The maximum absolute atomic E-state index is 13.0. The summed E-state index contributed by atoms with van der Waals surface area (Å²) in [5, 5.41) is 9.87. The summed E-state index contributed by atoms with van der Waals surface area (Å²) < 4.78 is 7.57. The van der Waals surface area contributed by atoms with Crippen LogP contribution in [0.2, 0.25) is 0 Å². The average molecular weight is 297 g/mol. The molecule has 1 aliphatic carbocycles. The van der Waals surface area contributed by atoms with Crippen LogP contribution in [-0.4, -0.2) is 22.4 Å². The van der Waals surface area contributed by atoms with Crippen molar-refractivity contribution in [2.75, 3.05) is 6.61 Å². The molecule has 2 heterocycles. The van der Waals surface area contributed by atoms with E-state index in [1.807, 2.05) is 34.9 Å². The first-order valence-electron chi connectivity index (χ1n) is 7.91. The smallest absolute Gasteiger partial charge is 0.262 e. The van der Waals surface area contributed by atoms with Gasteiger partial charge >= 0.3 is 0 Å². The van der Waals surface area contributed by atoms with Gasteiger partial charge in [0.05, 0.1) is 11.7 Å². The van der Waals surface area contributed by atoms with Crippen LogP contribution in [0.15, 0.2) is 35.1 Å². The van der Waals surface area contributed by atoms with Gasteiger partial charge in [-0.3, -0.25) is 9.36 Å². The van der Waals surface area contributed by atoms with E-state index in [0.717, 1.165) is 48.4 Å². The molecule has 0 fully saturated rings. The predicted molar refractivity (Wildman–Crippen MR) is 83.9 cm³/mol. The van der Waals surface area contributed by atoms with Crippen LogP contribution in [0, 0.1) is 0 Å². The number of hydrogen-bond donors (Lipinski definition) is 1. The number of hydrogen-bond acceptors (Lipinski definition) is 3. The van der Waals surface area contributed by atoms with Crippen molar-refractivity contribution in [3.8, 4) is 11.4 Å². The van der Waals surface area contributed by atoms with Crippen LogP contribution >= 0.6 is 0 Å². The summed E-state index contributed by atoms with van der Waals surface area (Å²) in [5.74, 6) is 0.747. The summed E-state index contributed by atoms with van der Waals surface area (Å²) >= 11 is 0. The average Bonchev–Trinajstić information content (AvgIpc) is 2.56. The molecular weight excluding hydrogens is 278 g/mol. The molecule has 0 bridgehead atoms. The zero-order valence-electron chi connectivity index (χ0n) is 12.4. The minimum absolute atomic E-state index is 0.0411. The van der Waals surface area contributed by atoms with Gasteiger partial charge in [-0.05, 0) is 37.8 Å². The van der Waals surface area contributed by atoms with Crippen molar-refractivity contribution in [3.05, 3.63) is 57.5 Å². The number of pyridine rings is 1. The molecule has 0 spiro atoms. The number of rotatable bonds is 1. The zero-order chi connectivity index (χ0) is 15.1. The molecule has 0 amide bonds. The number of aromatic nitrogens is 1. The highest BCUT2D eigenvalue weighted by atomic mass is 16.5. The van der Waals surface area contributed by atoms with Gasteiger partial charge in [0.25, 0.3) is 5.56 Å². The Morgan fingerprint density at radius 2 is 1.86 bits per heavy atom. The van der Waals surface area contributed by atoms with Crippen molar-refractivity contribution in [3.63, 3.8) is 0 Å². The lowest BCUT2D eigenvalue weighted by atomic mass is 9.91. The van der Waals surface area contributed by atoms with Crippen LogP contribution in [-0.2, 0) is 19.3 Å². The zero-order valence-corrected chi connectivity index (χ0v) is 12.4. The van der Waals surface area contributed by atoms with E-state index in [-0.39, 0.29) is 12.2 Å². The molecule has 2 aromatic rings. The maximum Gasteiger partial charge on any atom is 0.262 e. The van der Waals surface area contributed by atoms with E-state index in [4.69, 9.17) is 4.74 Å². The summed E-state index contributed by atoms with van der Waals surface area (Å²) in [5.41, 5.74) is 3.73. The van der Waals surface area contributed by atoms with Gasteiger partial charge in [0, 0.05) is 23.4 Å². The second-order valence-electron chi connectivity index (χ2n) is 6.09. The van der Waals surface area contributed by atoms with E-state index in [1.54, 1.807) is 0 Å². The quantitative estimate of drug-likeness (QED) is 0.876. The largest absolute Gasteiger partial charge is 0.490 e. The molecule has 4 heteroatoms. The molecule has 1 unspecified atom stereocenters. The molecule has 114 valence electrons. The van der Waals surface area contributed by atoms with Crippen molar-refractivity contribution in [1.29, 1.82) is 0 Å². The van der Waals surface area contributed by atoms with Crippen molar-refractivity contribution < 1.29 is 9.84 Å². The summed E-state index contributed by atoms with van der Waals surface area (Å²) in [6.07, 6.45) is 3.86. The fraction of sp³-hybridized carbons (Fsp3) is 0.389. The number of nitrogens with zero attached hydrogens (tertiary/aromatic N) is 1. The normalized spacial score (nSPS) is 20.0. The third-order valence-corrected chi connectivity index (χ3v) is 4.59. The lowest BCUT2D eigenvalue weighted by Crippen LogP contribution is -2.36. The fourth-order valence-electron chi connectivity index (χ4n) is 3.60. The standard InChI is InChI=1S/C18H19NO3/c20-13-10-15-17(22-11-13)14-8-4-5-9-16(14)19(18(15)21)12-6-2-1-3-7-12/h1-3,6-7,13,20H,4-5,8-11H2. The minimum Gasteiger partial charge on any atom is -0.490 e. The summed E-state index contributed by atoms with van der Waals surface area (Å²) in [6, 6.07) is 9.77.